The van der Waals surface area contributed by atoms with Gasteiger partial charge in [-0.25, -0.2) is 0 Å². The van der Waals surface area contributed by atoms with Crippen LogP contribution < -0.4 is 10.1 Å². The van der Waals surface area contributed by atoms with Gasteiger partial charge in [-0.05, 0) is 24.6 Å². The predicted molar refractivity (Wildman–Crippen MR) is 94.8 cm³/mol. The highest BCUT2D eigenvalue weighted by atomic mass is 16.5. The number of methoxy groups -OCH3 is 3. The fourth-order valence-electron chi connectivity index (χ4n) is 4.23. The van der Waals surface area contributed by atoms with Crippen LogP contribution in [0.3, 0.4) is 0 Å². The minimum absolute atomic E-state index is 0.306. The van der Waals surface area contributed by atoms with Crippen LogP contribution in [0.1, 0.15) is 24.1 Å². The Kier molecular flexibility index (Phi) is 4.96. The Morgan fingerprint density at radius 2 is 1.93 bits per heavy atom. The summed E-state index contributed by atoms with van der Waals surface area (Å²) in [4.78, 5) is 39.1. The molecule has 2 fully saturated rings. The minimum atomic E-state index is -1.29. The van der Waals surface area contributed by atoms with Crippen LogP contribution in [0.2, 0.25) is 0 Å². The minimum Gasteiger partial charge on any atom is -0.496 e. The third kappa shape index (κ3) is 2.80. The highest BCUT2D eigenvalue weighted by Gasteiger charge is 2.66. The zero-order valence-electron chi connectivity index (χ0n) is 16.1. The monoisotopic (exact) mass is 376 g/mol. The van der Waals surface area contributed by atoms with Crippen molar-refractivity contribution in [3.63, 3.8) is 0 Å². The lowest BCUT2D eigenvalue weighted by Crippen LogP contribution is -2.53. The van der Waals surface area contributed by atoms with Crippen LogP contribution in [0.25, 0.3) is 0 Å². The van der Waals surface area contributed by atoms with E-state index < -0.39 is 29.4 Å². The van der Waals surface area contributed by atoms with Crippen LogP contribution in [0.4, 0.5) is 0 Å². The molecule has 2 heterocycles. The molecule has 0 bridgehead atoms. The molecule has 1 aromatic carbocycles. The maximum Gasteiger partial charge on any atom is 0.326 e. The number of nitrogens with zero attached hydrogens (tertiary/aromatic N) is 1. The van der Waals surface area contributed by atoms with Crippen molar-refractivity contribution in [1.29, 1.82) is 0 Å². The van der Waals surface area contributed by atoms with Gasteiger partial charge in [-0.3, -0.25) is 24.6 Å². The quantitative estimate of drug-likeness (QED) is 0.596. The van der Waals surface area contributed by atoms with Crippen LogP contribution in [-0.4, -0.2) is 56.6 Å². The van der Waals surface area contributed by atoms with Gasteiger partial charge in [0, 0.05) is 25.8 Å². The summed E-state index contributed by atoms with van der Waals surface area (Å²) in [5.74, 6) is -2.09. The smallest absolute Gasteiger partial charge is 0.326 e. The number of carbonyl (C=O) groups is 3. The molecule has 8 heteroatoms. The average Bonchev–Trinajstić information content (AvgIpc) is 3.11. The number of carbonyl (C=O) groups excluding carboxylic acids is 3. The van der Waals surface area contributed by atoms with Gasteiger partial charge in [0.15, 0.2) is 0 Å². The van der Waals surface area contributed by atoms with E-state index in [2.05, 4.69) is 5.32 Å². The van der Waals surface area contributed by atoms with E-state index in [1.54, 1.807) is 27.2 Å². The van der Waals surface area contributed by atoms with E-state index >= 15 is 0 Å². The fourth-order valence-corrected chi connectivity index (χ4v) is 4.23. The molecular formula is C19H24N2O6. The number of imide groups is 1. The number of hydrogen-bond acceptors (Lipinski definition) is 7. The Hall–Kier alpha value is -2.45. The van der Waals surface area contributed by atoms with Crippen LogP contribution >= 0.6 is 0 Å². The summed E-state index contributed by atoms with van der Waals surface area (Å²) in [5, 5.41) is 3.20. The molecule has 1 aromatic rings. The van der Waals surface area contributed by atoms with Gasteiger partial charge in [-0.15, -0.1) is 0 Å². The normalized spacial score (nSPS) is 29.8. The van der Waals surface area contributed by atoms with Gasteiger partial charge < -0.3 is 14.2 Å². The zero-order valence-corrected chi connectivity index (χ0v) is 16.1. The van der Waals surface area contributed by atoms with Crippen molar-refractivity contribution in [2.75, 3.05) is 28.4 Å². The third-order valence-electron chi connectivity index (χ3n) is 5.58. The van der Waals surface area contributed by atoms with E-state index in [0.717, 1.165) is 16.0 Å². The molecule has 2 aliphatic rings. The standard InChI is InChI=1S/C19H24N2O6/c1-19(18(24)27-5)14-13(16(22)21(2)17(14)23)15(20-19)10-6-7-12(26-4)11(8-10)9-25-3/h6-8,13-15,20H,9H2,1-5H3/t13-,14-,15-,19-/m0/s1. The van der Waals surface area contributed by atoms with Crippen molar-refractivity contribution in [1.82, 2.24) is 10.2 Å². The van der Waals surface area contributed by atoms with Gasteiger partial charge in [-0.2, -0.15) is 0 Å². The largest absolute Gasteiger partial charge is 0.496 e. The Balaban J connectivity index is 2.08. The van der Waals surface area contributed by atoms with E-state index in [-0.39, 0.29) is 11.8 Å². The molecule has 146 valence electrons. The van der Waals surface area contributed by atoms with Gasteiger partial charge in [-0.1, -0.05) is 6.07 Å². The average molecular weight is 376 g/mol. The molecule has 0 radical (unpaired) electrons. The number of esters is 1. The number of fused-ring (bicyclic) bond motifs is 1. The first-order valence-electron chi connectivity index (χ1n) is 8.63. The molecule has 27 heavy (non-hydrogen) atoms. The van der Waals surface area contributed by atoms with Gasteiger partial charge >= 0.3 is 5.97 Å². The summed E-state index contributed by atoms with van der Waals surface area (Å²) in [6.07, 6.45) is 0. The second-order valence-corrected chi connectivity index (χ2v) is 7.06. The highest BCUT2D eigenvalue weighted by molar-refractivity contribution is 6.09. The highest BCUT2D eigenvalue weighted by Crippen LogP contribution is 2.49. The number of ether oxygens (including phenoxy) is 3. The van der Waals surface area contributed by atoms with Crippen molar-refractivity contribution >= 4 is 17.8 Å². The lowest BCUT2D eigenvalue weighted by atomic mass is 9.80. The lowest BCUT2D eigenvalue weighted by molar-refractivity contribution is -0.152. The molecule has 3 rings (SSSR count). The summed E-state index contributed by atoms with van der Waals surface area (Å²) in [7, 11) is 5.87. The molecule has 0 spiro atoms. The van der Waals surface area contributed by atoms with Gasteiger partial charge in [0.2, 0.25) is 11.8 Å². The second-order valence-electron chi connectivity index (χ2n) is 7.06. The number of hydrogen-bond donors (Lipinski definition) is 1. The Morgan fingerprint density at radius 1 is 1.22 bits per heavy atom. The van der Waals surface area contributed by atoms with Crippen molar-refractivity contribution in [3.05, 3.63) is 29.3 Å². The molecule has 0 aliphatic carbocycles. The second kappa shape index (κ2) is 6.94. The molecule has 2 aliphatic heterocycles. The van der Waals surface area contributed by atoms with Crippen LogP contribution in [0, 0.1) is 11.8 Å². The van der Waals surface area contributed by atoms with E-state index in [4.69, 9.17) is 14.2 Å². The maximum atomic E-state index is 12.8. The predicted octanol–water partition coefficient (Wildman–Crippen LogP) is 0.649. The van der Waals surface area contributed by atoms with E-state index in [1.165, 1.54) is 14.2 Å². The maximum absolute atomic E-state index is 12.8. The Labute approximate surface area is 157 Å². The first-order valence-corrected chi connectivity index (χ1v) is 8.63. The molecule has 4 atom stereocenters. The Morgan fingerprint density at radius 3 is 2.52 bits per heavy atom. The van der Waals surface area contributed by atoms with Gasteiger partial charge in [0.1, 0.15) is 11.3 Å². The summed E-state index contributed by atoms with van der Waals surface area (Å²) in [5.41, 5.74) is 0.303. The lowest BCUT2D eigenvalue weighted by Gasteiger charge is -2.28. The number of likely N-dealkylation sites (tertiary alicyclic amines) is 1. The first-order chi connectivity index (χ1) is 12.8. The third-order valence-corrected chi connectivity index (χ3v) is 5.58. The molecule has 0 unspecified atom stereocenters. The van der Waals surface area contributed by atoms with Crippen molar-refractivity contribution in [2.45, 2.75) is 25.1 Å². The summed E-state index contributed by atoms with van der Waals surface area (Å²) >= 11 is 0. The van der Waals surface area contributed by atoms with Crippen LogP contribution in [0.5, 0.6) is 5.75 Å². The fraction of sp³-hybridized carbons (Fsp3) is 0.526. The van der Waals surface area contributed by atoms with Crippen molar-refractivity contribution in [2.24, 2.45) is 11.8 Å². The molecule has 2 saturated heterocycles. The summed E-state index contributed by atoms with van der Waals surface area (Å²) < 4.78 is 15.5. The van der Waals surface area contributed by atoms with Crippen LogP contribution in [0.15, 0.2) is 18.2 Å². The molecule has 2 amide bonds. The number of rotatable bonds is 5. The van der Waals surface area contributed by atoms with Crippen LogP contribution in [-0.2, 0) is 30.5 Å². The molecule has 8 nitrogen and oxygen atoms in total. The molecule has 0 aromatic heterocycles. The molecule has 1 N–H and O–H groups in total. The van der Waals surface area contributed by atoms with Crippen molar-refractivity contribution < 1.29 is 28.6 Å². The zero-order chi connectivity index (χ0) is 19.9. The topological polar surface area (TPSA) is 94.2 Å². The van der Waals surface area contributed by atoms with Gasteiger partial charge in [0.05, 0.1) is 32.7 Å². The summed E-state index contributed by atoms with van der Waals surface area (Å²) in [6, 6.07) is 4.98. The SMILES string of the molecule is COCc1cc([C@@H]2N[C@](C)(C(=O)OC)[C@@H]3C(=O)N(C)C(=O)[C@@H]32)ccc1OC. The van der Waals surface area contributed by atoms with E-state index in [1.807, 2.05) is 12.1 Å². The van der Waals surface area contributed by atoms with E-state index in [9.17, 15) is 14.4 Å². The summed E-state index contributed by atoms with van der Waals surface area (Å²) in [6.45, 7) is 1.94. The molecule has 0 saturated carbocycles. The first kappa shape index (κ1) is 19.3. The number of amides is 2. The Bertz CT molecular complexity index is 794. The van der Waals surface area contributed by atoms with Gasteiger partial charge in [0.25, 0.3) is 0 Å². The molecular weight excluding hydrogens is 352 g/mol. The van der Waals surface area contributed by atoms with Crippen molar-refractivity contribution in [3.8, 4) is 5.75 Å². The number of benzene rings is 1. The number of nitrogens with one attached hydrogen (secondary N) is 1. The van der Waals surface area contributed by atoms with E-state index in [0.29, 0.717) is 12.4 Å².